The second-order valence-corrected chi connectivity index (χ2v) is 12.0. The molecule has 0 aromatic carbocycles. The minimum atomic E-state index is -1.39. The highest BCUT2D eigenvalue weighted by Gasteiger charge is 2.31. The molecule has 0 saturated carbocycles. The molecule has 2 heteroatoms. The summed E-state index contributed by atoms with van der Waals surface area (Å²) >= 11 is 0. The van der Waals surface area contributed by atoms with Crippen molar-refractivity contribution in [3.63, 3.8) is 0 Å². The largest absolute Gasteiger partial charge is 0.417 e. The molecule has 0 aromatic rings. The summed E-state index contributed by atoms with van der Waals surface area (Å²) in [6, 6.07) is 4.14. The number of rotatable bonds is 19. The van der Waals surface area contributed by atoms with Gasteiger partial charge in [-0.3, -0.25) is 0 Å². The second-order valence-electron chi connectivity index (χ2n) is 7.82. The molecule has 0 heterocycles. The predicted molar refractivity (Wildman–Crippen MR) is 113 cm³/mol. The zero-order chi connectivity index (χ0) is 17.9. The van der Waals surface area contributed by atoms with E-state index < -0.39 is 8.32 Å². The molecule has 0 unspecified atom stereocenters. The summed E-state index contributed by atoms with van der Waals surface area (Å²) in [7, 11) is -1.39. The van der Waals surface area contributed by atoms with Crippen molar-refractivity contribution in [3.8, 4) is 0 Å². The van der Waals surface area contributed by atoms with Crippen molar-refractivity contribution < 1.29 is 4.43 Å². The Kier molecular flexibility index (Phi) is 18.1. The van der Waals surface area contributed by atoms with Crippen molar-refractivity contribution >= 4 is 8.32 Å². The van der Waals surface area contributed by atoms with Crippen LogP contribution in [0.4, 0.5) is 0 Å². The number of unbranched alkanes of at least 4 members (excludes halogenated alkanes) is 10. The van der Waals surface area contributed by atoms with Crippen LogP contribution in [0.15, 0.2) is 0 Å². The van der Waals surface area contributed by atoms with E-state index in [9.17, 15) is 0 Å². The highest BCUT2D eigenvalue weighted by molar-refractivity contribution is 6.73. The van der Waals surface area contributed by atoms with E-state index in [1.54, 1.807) is 0 Å². The maximum absolute atomic E-state index is 6.57. The zero-order valence-corrected chi connectivity index (χ0v) is 18.6. The van der Waals surface area contributed by atoms with Crippen molar-refractivity contribution in [2.24, 2.45) is 0 Å². The SMILES string of the molecule is CCCCCCCCCCCCCO[Si](CCC)(CCC)CCC. The van der Waals surface area contributed by atoms with Crippen LogP contribution in [0.25, 0.3) is 0 Å². The summed E-state index contributed by atoms with van der Waals surface area (Å²) in [5.41, 5.74) is 0. The Morgan fingerprint density at radius 3 is 1.21 bits per heavy atom. The maximum atomic E-state index is 6.57. The Hall–Kier alpha value is 0.177. The molecule has 1 nitrogen and oxygen atoms in total. The standard InChI is InChI=1S/C22H48OSi/c1-5-9-10-11-12-13-14-15-16-17-18-19-23-24(20-6-2,21-7-3)22-8-4/h5-22H2,1-4H3. The first-order valence-electron chi connectivity index (χ1n) is 11.4. The quantitative estimate of drug-likeness (QED) is 0.166. The van der Waals surface area contributed by atoms with Gasteiger partial charge in [0.05, 0.1) is 0 Å². The lowest BCUT2D eigenvalue weighted by molar-refractivity contribution is 0.283. The van der Waals surface area contributed by atoms with Gasteiger partial charge in [-0.1, -0.05) is 111 Å². The third-order valence-electron chi connectivity index (χ3n) is 5.27. The maximum Gasteiger partial charge on any atom is 0.192 e. The topological polar surface area (TPSA) is 9.23 Å². The summed E-state index contributed by atoms with van der Waals surface area (Å²) in [6.07, 6.45) is 19.5. The van der Waals surface area contributed by atoms with Gasteiger partial charge >= 0.3 is 0 Å². The minimum absolute atomic E-state index is 1.04. The van der Waals surface area contributed by atoms with Crippen molar-refractivity contribution in [2.75, 3.05) is 6.61 Å². The Morgan fingerprint density at radius 1 is 0.458 bits per heavy atom. The highest BCUT2D eigenvalue weighted by atomic mass is 28.4. The molecular weight excluding hydrogens is 308 g/mol. The fourth-order valence-corrected chi connectivity index (χ4v) is 8.51. The van der Waals surface area contributed by atoms with E-state index in [0.29, 0.717) is 0 Å². The van der Waals surface area contributed by atoms with Gasteiger partial charge in [0.1, 0.15) is 0 Å². The summed E-state index contributed by atoms with van der Waals surface area (Å²) in [6.45, 7) is 10.3. The van der Waals surface area contributed by atoms with Crippen LogP contribution < -0.4 is 0 Å². The Morgan fingerprint density at radius 2 is 0.833 bits per heavy atom. The van der Waals surface area contributed by atoms with Crippen molar-refractivity contribution in [2.45, 2.75) is 136 Å². The van der Waals surface area contributed by atoms with Gasteiger partial charge in [0.2, 0.25) is 0 Å². The average molecular weight is 357 g/mol. The molecule has 0 aliphatic carbocycles. The summed E-state index contributed by atoms with van der Waals surface area (Å²) < 4.78 is 6.57. The molecule has 0 aliphatic heterocycles. The van der Waals surface area contributed by atoms with E-state index in [0.717, 1.165) is 6.61 Å². The fourth-order valence-electron chi connectivity index (χ4n) is 4.01. The minimum Gasteiger partial charge on any atom is -0.417 e. The van der Waals surface area contributed by atoms with Crippen LogP contribution in [0.3, 0.4) is 0 Å². The van der Waals surface area contributed by atoms with Gasteiger partial charge in [0.15, 0.2) is 8.32 Å². The van der Waals surface area contributed by atoms with Crippen molar-refractivity contribution in [1.82, 2.24) is 0 Å². The number of hydrogen-bond acceptors (Lipinski definition) is 1. The fraction of sp³-hybridized carbons (Fsp3) is 1.00. The Labute approximate surface area is 155 Å². The van der Waals surface area contributed by atoms with Crippen LogP contribution in [0.1, 0.15) is 118 Å². The van der Waals surface area contributed by atoms with E-state index >= 15 is 0 Å². The first-order valence-corrected chi connectivity index (χ1v) is 13.9. The van der Waals surface area contributed by atoms with Gasteiger partial charge in [0.25, 0.3) is 0 Å². The molecule has 0 saturated heterocycles. The van der Waals surface area contributed by atoms with Gasteiger partial charge in [-0.15, -0.1) is 0 Å². The molecule has 0 fully saturated rings. The summed E-state index contributed by atoms with van der Waals surface area (Å²) in [5, 5.41) is 0. The monoisotopic (exact) mass is 356 g/mol. The molecule has 0 aromatic heterocycles. The van der Waals surface area contributed by atoms with E-state index in [1.807, 2.05) is 0 Å². The Balaban J connectivity index is 3.60. The molecule has 0 radical (unpaired) electrons. The van der Waals surface area contributed by atoms with Gasteiger partial charge in [0, 0.05) is 6.61 Å². The highest BCUT2D eigenvalue weighted by Crippen LogP contribution is 2.27. The lowest BCUT2D eigenvalue weighted by Crippen LogP contribution is -2.38. The molecule has 0 rings (SSSR count). The smallest absolute Gasteiger partial charge is 0.192 e. The molecule has 24 heavy (non-hydrogen) atoms. The van der Waals surface area contributed by atoms with Crippen molar-refractivity contribution in [1.29, 1.82) is 0 Å². The van der Waals surface area contributed by atoms with Crippen LogP contribution in [-0.4, -0.2) is 14.9 Å². The third kappa shape index (κ3) is 13.5. The van der Waals surface area contributed by atoms with E-state index in [4.69, 9.17) is 4.43 Å². The van der Waals surface area contributed by atoms with Crippen LogP contribution in [0.2, 0.25) is 18.1 Å². The van der Waals surface area contributed by atoms with Crippen LogP contribution in [0.5, 0.6) is 0 Å². The van der Waals surface area contributed by atoms with Gasteiger partial charge in [-0.25, -0.2) is 0 Å². The lowest BCUT2D eigenvalue weighted by Gasteiger charge is -2.31. The summed E-state index contributed by atoms with van der Waals surface area (Å²) in [5.74, 6) is 0. The first kappa shape index (κ1) is 24.2. The molecule has 0 atom stereocenters. The van der Waals surface area contributed by atoms with E-state index in [2.05, 4.69) is 27.7 Å². The Bertz CT molecular complexity index is 225. The van der Waals surface area contributed by atoms with Crippen LogP contribution in [-0.2, 0) is 4.43 Å². The molecule has 146 valence electrons. The third-order valence-corrected chi connectivity index (χ3v) is 10.3. The van der Waals surface area contributed by atoms with Gasteiger partial charge in [-0.2, -0.15) is 0 Å². The molecular formula is C22H48OSi. The predicted octanol–water partition coefficient (Wildman–Crippen LogP) is 8.49. The molecule has 0 bridgehead atoms. The van der Waals surface area contributed by atoms with E-state index in [1.165, 1.54) is 108 Å². The zero-order valence-electron chi connectivity index (χ0n) is 17.6. The molecule has 0 N–H and O–H groups in total. The van der Waals surface area contributed by atoms with Gasteiger partial charge < -0.3 is 4.43 Å². The van der Waals surface area contributed by atoms with Crippen LogP contribution >= 0.6 is 0 Å². The van der Waals surface area contributed by atoms with Gasteiger partial charge in [-0.05, 0) is 24.6 Å². The second kappa shape index (κ2) is 18.0. The van der Waals surface area contributed by atoms with Crippen LogP contribution in [0, 0.1) is 0 Å². The van der Waals surface area contributed by atoms with E-state index in [-0.39, 0.29) is 0 Å². The number of hydrogen-bond donors (Lipinski definition) is 0. The average Bonchev–Trinajstić information content (AvgIpc) is 2.56. The molecule has 0 aliphatic rings. The molecule has 0 amide bonds. The lowest BCUT2D eigenvalue weighted by atomic mass is 10.1. The normalized spacial score (nSPS) is 12.0. The van der Waals surface area contributed by atoms with Crippen molar-refractivity contribution in [3.05, 3.63) is 0 Å². The molecule has 0 spiro atoms. The summed E-state index contributed by atoms with van der Waals surface area (Å²) in [4.78, 5) is 0. The first-order chi connectivity index (χ1) is 11.7.